The van der Waals surface area contributed by atoms with E-state index < -0.39 is 6.10 Å². The maximum Gasteiger partial charge on any atom is 0.255 e. The molecule has 1 aromatic carbocycles. The predicted molar refractivity (Wildman–Crippen MR) is 93.9 cm³/mol. The summed E-state index contributed by atoms with van der Waals surface area (Å²) >= 11 is 0. The molecule has 0 heterocycles. The number of ether oxygens (including phenoxy) is 1. The third-order valence-corrected chi connectivity index (χ3v) is 3.63. The SMILES string of the molecule is C=CCOCC(O)C[N+](C)(C)CCCNC(=O)c1ccccc1O. The molecule has 24 heavy (non-hydrogen) atoms. The van der Waals surface area contributed by atoms with Crippen molar-refractivity contribution in [3.63, 3.8) is 0 Å². The number of likely N-dealkylation sites (N-methyl/N-ethyl adjacent to an activating group) is 1. The maximum atomic E-state index is 12.0. The number of hydrogen-bond acceptors (Lipinski definition) is 4. The van der Waals surface area contributed by atoms with Crippen LogP contribution in [0.25, 0.3) is 0 Å². The Hall–Kier alpha value is -1.89. The van der Waals surface area contributed by atoms with Gasteiger partial charge in [0.15, 0.2) is 0 Å². The molecule has 0 aromatic heterocycles. The second kappa shape index (κ2) is 10.1. The fourth-order valence-corrected chi connectivity index (χ4v) is 2.47. The second-order valence-electron chi connectivity index (χ2n) is 6.45. The van der Waals surface area contributed by atoms with E-state index in [1.54, 1.807) is 24.3 Å². The van der Waals surface area contributed by atoms with Crippen LogP contribution in [0, 0.1) is 0 Å². The number of phenols is 1. The molecule has 1 rings (SSSR count). The van der Waals surface area contributed by atoms with Gasteiger partial charge in [0, 0.05) is 13.0 Å². The van der Waals surface area contributed by atoms with Crippen molar-refractivity contribution in [2.75, 3.05) is 46.9 Å². The minimum absolute atomic E-state index is 0.0197. The first-order valence-electron chi connectivity index (χ1n) is 8.10. The van der Waals surface area contributed by atoms with Crippen molar-refractivity contribution < 1.29 is 24.2 Å². The molecule has 1 amide bonds. The van der Waals surface area contributed by atoms with Gasteiger partial charge in [-0.15, -0.1) is 6.58 Å². The zero-order valence-electron chi connectivity index (χ0n) is 14.6. The zero-order chi connectivity index (χ0) is 18.0. The van der Waals surface area contributed by atoms with Gasteiger partial charge in [0.1, 0.15) is 18.4 Å². The van der Waals surface area contributed by atoms with Gasteiger partial charge in [-0.25, -0.2) is 0 Å². The summed E-state index contributed by atoms with van der Waals surface area (Å²) in [5.41, 5.74) is 0.279. The molecular weight excluding hydrogens is 308 g/mol. The lowest BCUT2D eigenvalue weighted by Crippen LogP contribution is -2.47. The van der Waals surface area contributed by atoms with Gasteiger partial charge in [0.25, 0.3) is 5.91 Å². The first-order valence-corrected chi connectivity index (χ1v) is 8.10. The van der Waals surface area contributed by atoms with Gasteiger partial charge in [-0.3, -0.25) is 4.79 Å². The van der Waals surface area contributed by atoms with E-state index in [1.807, 2.05) is 14.1 Å². The molecule has 0 saturated carbocycles. The van der Waals surface area contributed by atoms with E-state index in [4.69, 9.17) is 4.74 Å². The topological polar surface area (TPSA) is 78.8 Å². The van der Waals surface area contributed by atoms with E-state index in [-0.39, 0.29) is 23.8 Å². The van der Waals surface area contributed by atoms with Crippen LogP contribution < -0.4 is 5.32 Å². The molecule has 0 spiro atoms. The molecular formula is C18H29N2O4+. The van der Waals surface area contributed by atoms with Crippen LogP contribution in [0.4, 0.5) is 0 Å². The normalized spacial score (nSPS) is 12.6. The fraction of sp³-hybridized carbons (Fsp3) is 0.500. The Morgan fingerprint density at radius 3 is 2.79 bits per heavy atom. The van der Waals surface area contributed by atoms with Crippen molar-refractivity contribution >= 4 is 5.91 Å². The third-order valence-electron chi connectivity index (χ3n) is 3.63. The standard InChI is InChI=1S/C18H28N2O4/c1-4-12-24-14-15(21)13-20(2,3)11-7-10-19-18(23)16-8-5-6-9-17(16)22/h4-6,8-9,15,21H,1,7,10-14H2,2-3H3,(H-,19,22,23)/p+1. The summed E-state index contributed by atoms with van der Waals surface area (Å²) in [7, 11) is 4.06. The van der Waals surface area contributed by atoms with E-state index >= 15 is 0 Å². The van der Waals surface area contributed by atoms with Crippen LogP contribution in [0.5, 0.6) is 5.75 Å². The van der Waals surface area contributed by atoms with Gasteiger partial charge < -0.3 is 24.7 Å². The molecule has 3 N–H and O–H groups in total. The van der Waals surface area contributed by atoms with Crippen LogP contribution in [0.15, 0.2) is 36.9 Å². The number of phenolic OH excluding ortho intramolecular Hbond substituents is 1. The highest BCUT2D eigenvalue weighted by molar-refractivity contribution is 5.96. The summed E-state index contributed by atoms with van der Waals surface area (Å²) in [6, 6.07) is 6.47. The van der Waals surface area contributed by atoms with Crippen molar-refractivity contribution in [1.29, 1.82) is 0 Å². The summed E-state index contributed by atoms with van der Waals surface area (Å²) < 4.78 is 5.88. The minimum Gasteiger partial charge on any atom is -0.507 e. The summed E-state index contributed by atoms with van der Waals surface area (Å²) in [4.78, 5) is 12.0. The number of nitrogens with zero attached hydrogens (tertiary/aromatic N) is 1. The lowest BCUT2D eigenvalue weighted by molar-refractivity contribution is -0.893. The van der Waals surface area contributed by atoms with Crippen LogP contribution >= 0.6 is 0 Å². The van der Waals surface area contributed by atoms with Crippen LogP contribution in [0.2, 0.25) is 0 Å². The number of amides is 1. The number of aliphatic hydroxyl groups excluding tert-OH is 1. The van der Waals surface area contributed by atoms with Crippen LogP contribution in [0.3, 0.4) is 0 Å². The van der Waals surface area contributed by atoms with Crippen molar-refractivity contribution in [2.45, 2.75) is 12.5 Å². The Morgan fingerprint density at radius 2 is 2.12 bits per heavy atom. The highest BCUT2D eigenvalue weighted by atomic mass is 16.5. The van der Waals surface area contributed by atoms with E-state index in [0.717, 1.165) is 13.0 Å². The molecule has 134 valence electrons. The Labute approximate surface area is 144 Å². The number of hydrogen-bond donors (Lipinski definition) is 3. The van der Waals surface area contributed by atoms with Crippen LogP contribution in [0.1, 0.15) is 16.8 Å². The van der Waals surface area contributed by atoms with E-state index in [2.05, 4.69) is 11.9 Å². The summed E-state index contributed by atoms with van der Waals surface area (Å²) in [6.07, 6.45) is 1.89. The molecule has 1 atom stereocenters. The molecule has 6 nitrogen and oxygen atoms in total. The van der Waals surface area contributed by atoms with Crippen molar-refractivity contribution in [2.24, 2.45) is 0 Å². The minimum atomic E-state index is -0.532. The number of aromatic hydroxyl groups is 1. The molecule has 0 aliphatic rings. The monoisotopic (exact) mass is 337 g/mol. The van der Waals surface area contributed by atoms with Crippen molar-refractivity contribution in [3.8, 4) is 5.75 Å². The molecule has 1 aromatic rings. The van der Waals surface area contributed by atoms with E-state index in [1.165, 1.54) is 6.07 Å². The van der Waals surface area contributed by atoms with E-state index in [9.17, 15) is 15.0 Å². The number of nitrogens with one attached hydrogen (secondary N) is 1. The number of carbonyl (C=O) groups excluding carboxylic acids is 1. The van der Waals surface area contributed by atoms with Crippen molar-refractivity contribution in [1.82, 2.24) is 5.32 Å². The molecule has 0 fully saturated rings. The lowest BCUT2D eigenvalue weighted by Gasteiger charge is -2.31. The highest BCUT2D eigenvalue weighted by Gasteiger charge is 2.20. The Balaban J connectivity index is 2.29. The average molecular weight is 337 g/mol. The highest BCUT2D eigenvalue weighted by Crippen LogP contribution is 2.14. The molecule has 0 aliphatic heterocycles. The predicted octanol–water partition coefficient (Wildman–Crippen LogP) is 1.15. The van der Waals surface area contributed by atoms with Gasteiger partial charge in [-0.05, 0) is 12.1 Å². The number of carbonyl (C=O) groups is 1. The maximum absolute atomic E-state index is 12.0. The first-order chi connectivity index (χ1) is 11.4. The van der Waals surface area contributed by atoms with Crippen molar-refractivity contribution in [3.05, 3.63) is 42.5 Å². The molecule has 0 radical (unpaired) electrons. The number of aliphatic hydroxyl groups is 1. The molecule has 6 heteroatoms. The van der Waals surface area contributed by atoms with Crippen LogP contribution in [-0.2, 0) is 4.74 Å². The fourth-order valence-electron chi connectivity index (χ4n) is 2.47. The number of para-hydroxylation sites is 1. The molecule has 0 bridgehead atoms. The van der Waals surface area contributed by atoms with Gasteiger partial charge in [-0.1, -0.05) is 18.2 Å². The molecule has 0 saturated heterocycles. The number of rotatable bonds is 11. The lowest BCUT2D eigenvalue weighted by atomic mass is 10.2. The number of benzene rings is 1. The largest absolute Gasteiger partial charge is 0.507 e. The summed E-state index contributed by atoms with van der Waals surface area (Å²) in [5, 5.41) is 22.4. The van der Waals surface area contributed by atoms with Gasteiger partial charge in [0.2, 0.25) is 0 Å². The third kappa shape index (κ3) is 7.59. The number of quaternary nitrogens is 1. The Morgan fingerprint density at radius 1 is 1.42 bits per heavy atom. The van der Waals surface area contributed by atoms with Gasteiger partial charge >= 0.3 is 0 Å². The quantitative estimate of drug-likeness (QED) is 0.322. The Bertz CT molecular complexity index is 532. The summed E-state index contributed by atoms with van der Waals surface area (Å²) in [5.74, 6) is -0.301. The van der Waals surface area contributed by atoms with E-state index in [0.29, 0.717) is 24.2 Å². The smallest absolute Gasteiger partial charge is 0.255 e. The average Bonchev–Trinajstić information content (AvgIpc) is 2.51. The summed E-state index contributed by atoms with van der Waals surface area (Å²) in [6.45, 7) is 6.18. The van der Waals surface area contributed by atoms with Gasteiger partial charge in [-0.2, -0.15) is 0 Å². The van der Waals surface area contributed by atoms with Gasteiger partial charge in [0.05, 0.1) is 39.4 Å². The van der Waals surface area contributed by atoms with Crippen LogP contribution in [-0.4, -0.2) is 73.7 Å². The Kier molecular flexibility index (Phi) is 8.46. The zero-order valence-corrected chi connectivity index (χ0v) is 14.6. The molecule has 1 unspecified atom stereocenters. The first kappa shape index (κ1) is 20.2. The second-order valence-corrected chi connectivity index (χ2v) is 6.45. The molecule has 0 aliphatic carbocycles.